The van der Waals surface area contributed by atoms with Gasteiger partial charge in [-0.3, -0.25) is 0 Å². The summed E-state index contributed by atoms with van der Waals surface area (Å²) in [7, 11) is 0. The Labute approximate surface area is 107 Å². The number of hydrogen-bond acceptors (Lipinski definition) is 2. The molecule has 2 aromatic carbocycles. The van der Waals surface area contributed by atoms with Crippen molar-refractivity contribution in [3.8, 4) is 22.9 Å². The van der Waals surface area contributed by atoms with Gasteiger partial charge in [0, 0.05) is 11.6 Å². The minimum atomic E-state index is -0.769. The van der Waals surface area contributed by atoms with E-state index in [-0.39, 0.29) is 27.5 Å². The number of aromatic hydroxyl groups is 1. The van der Waals surface area contributed by atoms with Crippen molar-refractivity contribution in [2.24, 2.45) is 0 Å². The molecule has 0 saturated carbocycles. The van der Waals surface area contributed by atoms with Gasteiger partial charge in [-0.25, -0.2) is 8.78 Å². The molecule has 0 aromatic heterocycles. The highest BCUT2D eigenvalue weighted by molar-refractivity contribution is 6.31. The molecule has 0 heterocycles. The first-order valence-electron chi connectivity index (χ1n) is 4.90. The Morgan fingerprint density at radius 1 is 1.11 bits per heavy atom. The summed E-state index contributed by atoms with van der Waals surface area (Å²) in [5.74, 6) is -1.76. The van der Waals surface area contributed by atoms with E-state index in [4.69, 9.17) is 16.9 Å². The lowest BCUT2D eigenvalue weighted by molar-refractivity contribution is 0.471. The van der Waals surface area contributed by atoms with Crippen LogP contribution in [0.15, 0.2) is 30.3 Å². The fraction of sp³-hybridized carbons (Fsp3) is 0. The first kappa shape index (κ1) is 12.3. The second-order valence-electron chi connectivity index (χ2n) is 3.62. The Hall–Kier alpha value is -2.12. The van der Waals surface area contributed by atoms with Crippen molar-refractivity contribution in [3.05, 3.63) is 52.6 Å². The summed E-state index contributed by atoms with van der Waals surface area (Å²) >= 11 is 5.60. The molecule has 1 N–H and O–H groups in total. The lowest BCUT2D eigenvalue weighted by atomic mass is 10.0. The Balaban J connectivity index is 2.66. The molecule has 0 atom stereocenters. The quantitative estimate of drug-likeness (QED) is 0.851. The lowest BCUT2D eigenvalue weighted by Crippen LogP contribution is -1.87. The van der Waals surface area contributed by atoms with Crippen LogP contribution < -0.4 is 0 Å². The SMILES string of the molecule is N#Cc1cc(F)cc(-c2cc(Cl)c(F)cc2O)c1. The van der Waals surface area contributed by atoms with Crippen molar-refractivity contribution in [3.63, 3.8) is 0 Å². The van der Waals surface area contributed by atoms with Gasteiger partial charge < -0.3 is 5.11 Å². The molecule has 0 spiro atoms. The maximum atomic E-state index is 13.3. The first-order chi connectivity index (χ1) is 8.51. The van der Waals surface area contributed by atoms with Crippen LogP contribution in [0, 0.1) is 23.0 Å². The zero-order valence-corrected chi connectivity index (χ0v) is 9.67. The van der Waals surface area contributed by atoms with E-state index in [1.807, 2.05) is 0 Å². The van der Waals surface area contributed by atoms with Crippen LogP contribution in [-0.4, -0.2) is 5.11 Å². The summed E-state index contributed by atoms with van der Waals surface area (Å²) in [6.07, 6.45) is 0. The number of nitriles is 1. The van der Waals surface area contributed by atoms with Gasteiger partial charge in [-0.1, -0.05) is 11.6 Å². The standard InChI is InChI=1S/C13H6ClF2NO/c14-11-4-10(13(18)5-12(11)16)8-1-7(6-17)2-9(15)3-8/h1-5,18H. The fourth-order valence-electron chi connectivity index (χ4n) is 1.58. The van der Waals surface area contributed by atoms with Crippen molar-refractivity contribution >= 4 is 11.6 Å². The van der Waals surface area contributed by atoms with Gasteiger partial charge in [-0.05, 0) is 29.8 Å². The third-order valence-electron chi connectivity index (χ3n) is 2.38. The largest absolute Gasteiger partial charge is 0.507 e. The van der Waals surface area contributed by atoms with E-state index in [1.54, 1.807) is 6.07 Å². The molecular formula is C13H6ClF2NO. The summed E-state index contributed by atoms with van der Waals surface area (Å²) in [5.41, 5.74) is 0.521. The zero-order valence-electron chi connectivity index (χ0n) is 8.92. The molecule has 0 radical (unpaired) electrons. The molecule has 2 nitrogen and oxygen atoms in total. The van der Waals surface area contributed by atoms with Crippen molar-refractivity contribution in [1.29, 1.82) is 5.26 Å². The van der Waals surface area contributed by atoms with Gasteiger partial charge in [0.15, 0.2) is 0 Å². The molecule has 0 fully saturated rings. The van der Waals surface area contributed by atoms with Gasteiger partial charge in [0.05, 0.1) is 16.7 Å². The van der Waals surface area contributed by atoms with Crippen LogP contribution in [0.4, 0.5) is 8.78 Å². The van der Waals surface area contributed by atoms with Gasteiger partial charge in [-0.15, -0.1) is 0 Å². The number of phenolic OH excluding ortho intramolecular Hbond substituents is 1. The van der Waals surface area contributed by atoms with Crippen LogP contribution in [0.2, 0.25) is 5.02 Å². The highest BCUT2D eigenvalue weighted by Crippen LogP contribution is 2.34. The van der Waals surface area contributed by atoms with E-state index in [0.717, 1.165) is 18.2 Å². The van der Waals surface area contributed by atoms with Crippen molar-refractivity contribution < 1.29 is 13.9 Å². The van der Waals surface area contributed by atoms with Gasteiger partial charge in [0.25, 0.3) is 0 Å². The summed E-state index contributed by atoms with van der Waals surface area (Å²) < 4.78 is 26.4. The topological polar surface area (TPSA) is 44.0 Å². The molecule has 0 aliphatic heterocycles. The van der Waals surface area contributed by atoms with Crippen LogP contribution in [0.5, 0.6) is 5.75 Å². The zero-order chi connectivity index (χ0) is 13.3. The van der Waals surface area contributed by atoms with Crippen molar-refractivity contribution in [2.45, 2.75) is 0 Å². The molecule has 2 rings (SSSR count). The van der Waals surface area contributed by atoms with Gasteiger partial charge in [0.2, 0.25) is 0 Å². The molecule has 2 aromatic rings. The third kappa shape index (κ3) is 2.27. The van der Waals surface area contributed by atoms with Crippen LogP contribution >= 0.6 is 11.6 Å². The Morgan fingerprint density at radius 3 is 2.50 bits per heavy atom. The van der Waals surface area contributed by atoms with E-state index in [0.29, 0.717) is 0 Å². The highest BCUT2D eigenvalue weighted by atomic mass is 35.5. The van der Waals surface area contributed by atoms with Crippen LogP contribution in [0.25, 0.3) is 11.1 Å². The summed E-state index contributed by atoms with van der Waals surface area (Å²) in [6.45, 7) is 0. The fourth-order valence-corrected chi connectivity index (χ4v) is 1.74. The first-order valence-corrected chi connectivity index (χ1v) is 5.28. The van der Waals surface area contributed by atoms with E-state index in [2.05, 4.69) is 0 Å². The number of phenols is 1. The molecule has 0 bridgehead atoms. The monoisotopic (exact) mass is 265 g/mol. The molecule has 5 heteroatoms. The van der Waals surface area contributed by atoms with E-state index < -0.39 is 11.6 Å². The maximum Gasteiger partial charge on any atom is 0.145 e. The van der Waals surface area contributed by atoms with E-state index >= 15 is 0 Å². The van der Waals surface area contributed by atoms with Crippen molar-refractivity contribution in [1.82, 2.24) is 0 Å². The Morgan fingerprint density at radius 2 is 1.83 bits per heavy atom. The third-order valence-corrected chi connectivity index (χ3v) is 2.67. The number of hydrogen-bond donors (Lipinski definition) is 1. The molecule has 18 heavy (non-hydrogen) atoms. The average Bonchev–Trinajstić information content (AvgIpc) is 2.33. The smallest absolute Gasteiger partial charge is 0.145 e. The minimum Gasteiger partial charge on any atom is -0.507 e. The van der Waals surface area contributed by atoms with E-state index in [1.165, 1.54) is 12.1 Å². The van der Waals surface area contributed by atoms with Crippen molar-refractivity contribution in [2.75, 3.05) is 0 Å². The summed E-state index contributed by atoms with van der Waals surface area (Å²) in [4.78, 5) is 0. The molecule has 0 amide bonds. The van der Waals surface area contributed by atoms with E-state index in [9.17, 15) is 13.9 Å². The minimum absolute atomic E-state index is 0.102. The average molecular weight is 266 g/mol. The van der Waals surface area contributed by atoms with Gasteiger partial charge in [0.1, 0.15) is 17.4 Å². The van der Waals surface area contributed by atoms with Crippen LogP contribution in [0.3, 0.4) is 0 Å². The van der Waals surface area contributed by atoms with Gasteiger partial charge in [-0.2, -0.15) is 5.26 Å². The Kier molecular flexibility index (Phi) is 3.17. The second kappa shape index (κ2) is 4.63. The predicted molar refractivity (Wildman–Crippen MR) is 63.2 cm³/mol. The number of halogens is 3. The second-order valence-corrected chi connectivity index (χ2v) is 4.03. The van der Waals surface area contributed by atoms with Crippen LogP contribution in [-0.2, 0) is 0 Å². The maximum absolute atomic E-state index is 13.3. The lowest BCUT2D eigenvalue weighted by Gasteiger charge is -2.07. The molecular weight excluding hydrogens is 260 g/mol. The Bertz CT molecular complexity index is 665. The summed E-state index contributed by atoms with van der Waals surface area (Å²) in [6, 6.07) is 7.39. The summed E-state index contributed by atoms with van der Waals surface area (Å²) in [5, 5.41) is 18.2. The molecule has 0 saturated heterocycles. The predicted octanol–water partition coefficient (Wildman–Crippen LogP) is 3.86. The molecule has 0 aliphatic rings. The number of rotatable bonds is 1. The number of benzene rings is 2. The van der Waals surface area contributed by atoms with Gasteiger partial charge >= 0.3 is 0 Å². The highest BCUT2D eigenvalue weighted by Gasteiger charge is 2.11. The molecule has 0 unspecified atom stereocenters. The normalized spacial score (nSPS) is 10.1. The molecule has 90 valence electrons. The van der Waals surface area contributed by atoms with Crippen LogP contribution in [0.1, 0.15) is 5.56 Å². The number of nitrogens with zero attached hydrogens (tertiary/aromatic N) is 1. The molecule has 0 aliphatic carbocycles.